The molecule has 0 aromatic heterocycles. The van der Waals surface area contributed by atoms with Crippen molar-refractivity contribution in [3.05, 3.63) is 0 Å². The molecule has 0 spiro atoms. The van der Waals surface area contributed by atoms with Gasteiger partial charge in [-0.3, -0.25) is 14.4 Å². The number of carbonyl (C=O) groups is 4. The lowest BCUT2D eigenvalue weighted by atomic mass is 9.82. The molecule has 0 aromatic rings. The van der Waals surface area contributed by atoms with E-state index >= 15 is 0 Å². The van der Waals surface area contributed by atoms with Crippen molar-refractivity contribution in [3.63, 3.8) is 0 Å². The Morgan fingerprint density at radius 1 is 0.867 bits per heavy atom. The minimum Gasteiger partial charge on any atom is -0.481 e. The molecule has 0 bridgehead atoms. The van der Waals surface area contributed by atoms with Gasteiger partial charge in [-0.2, -0.15) is 0 Å². The number of hydrogen-bond donors (Lipinski definition) is 3. The summed E-state index contributed by atoms with van der Waals surface area (Å²) in [6, 6.07) is 0. The van der Waals surface area contributed by atoms with E-state index < -0.39 is 41.6 Å². The highest BCUT2D eigenvalue weighted by molar-refractivity contribution is 6.05. The monoisotopic (exact) mass is 430 g/mol. The number of aliphatic hydroxyl groups is 1. The standard InChI is InChI=1S/C22H38O8/c1-4-6-11-17(12-7-5-2)13-9-8-10-14-30-20(26)19(16(3)23)22(29,21(27)28)15-18(24)25/h17,19,29H,4-15H2,1-3H3,(H,24,25)(H,27,28). The van der Waals surface area contributed by atoms with E-state index in [0.29, 0.717) is 12.3 Å². The predicted molar refractivity (Wildman–Crippen MR) is 111 cm³/mol. The third kappa shape index (κ3) is 10.2. The van der Waals surface area contributed by atoms with E-state index in [4.69, 9.17) is 9.84 Å². The van der Waals surface area contributed by atoms with Crippen molar-refractivity contribution in [2.45, 2.75) is 97.0 Å². The molecule has 0 fully saturated rings. The molecule has 0 aliphatic heterocycles. The van der Waals surface area contributed by atoms with Gasteiger partial charge in [0.05, 0.1) is 13.0 Å². The Kier molecular flexibility index (Phi) is 14.0. The van der Waals surface area contributed by atoms with Gasteiger partial charge in [-0.15, -0.1) is 0 Å². The summed E-state index contributed by atoms with van der Waals surface area (Å²) in [5.41, 5.74) is -3.04. The van der Waals surface area contributed by atoms with E-state index in [9.17, 15) is 29.4 Å². The maximum Gasteiger partial charge on any atom is 0.337 e. The topological polar surface area (TPSA) is 138 Å². The average molecular weight is 431 g/mol. The predicted octanol–water partition coefficient (Wildman–Crippen LogP) is 3.58. The van der Waals surface area contributed by atoms with Crippen molar-refractivity contribution in [1.29, 1.82) is 0 Å². The van der Waals surface area contributed by atoms with Gasteiger partial charge >= 0.3 is 17.9 Å². The number of aliphatic carboxylic acids is 2. The molecule has 0 aliphatic carbocycles. The van der Waals surface area contributed by atoms with E-state index in [1.165, 1.54) is 38.5 Å². The Morgan fingerprint density at radius 3 is 1.83 bits per heavy atom. The van der Waals surface area contributed by atoms with Crippen LogP contribution >= 0.6 is 0 Å². The largest absolute Gasteiger partial charge is 0.481 e. The van der Waals surface area contributed by atoms with Gasteiger partial charge in [-0.1, -0.05) is 71.6 Å². The van der Waals surface area contributed by atoms with Gasteiger partial charge in [0.1, 0.15) is 5.78 Å². The Hall–Kier alpha value is -1.96. The Labute approximate surface area is 179 Å². The van der Waals surface area contributed by atoms with Crippen molar-refractivity contribution < 1.29 is 39.2 Å². The van der Waals surface area contributed by atoms with Crippen LogP contribution in [-0.2, 0) is 23.9 Å². The van der Waals surface area contributed by atoms with Crippen molar-refractivity contribution in [3.8, 4) is 0 Å². The SMILES string of the molecule is CCCCC(CCCC)CCCCCOC(=O)C(C(C)=O)C(O)(CC(=O)O)C(=O)O. The molecule has 0 radical (unpaired) electrons. The summed E-state index contributed by atoms with van der Waals surface area (Å²) in [6.45, 7) is 5.28. The van der Waals surface area contributed by atoms with E-state index in [0.717, 1.165) is 26.2 Å². The highest BCUT2D eigenvalue weighted by Gasteiger charge is 2.53. The second-order valence-electron chi connectivity index (χ2n) is 8.01. The zero-order valence-corrected chi connectivity index (χ0v) is 18.5. The molecular formula is C22H38O8. The number of Topliss-reactive ketones (excluding diaryl/α,β-unsaturated/α-hetero) is 1. The summed E-state index contributed by atoms with van der Waals surface area (Å²) in [4.78, 5) is 46.3. The molecule has 0 rings (SSSR count). The molecule has 0 aliphatic rings. The summed E-state index contributed by atoms with van der Waals surface area (Å²) in [5, 5.41) is 28.2. The quantitative estimate of drug-likeness (QED) is 0.170. The van der Waals surface area contributed by atoms with Crippen LogP contribution in [0.15, 0.2) is 0 Å². The molecule has 0 heterocycles. The fourth-order valence-corrected chi connectivity index (χ4v) is 3.62. The number of esters is 1. The Morgan fingerprint density at radius 2 is 1.40 bits per heavy atom. The molecule has 0 aromatic carbocycles. The molecule has 3 N–H and O–H groups in total. The van der Waals surface area contributed by atoms with Crippen LogP contribution in [-0.4, -0.2) is 51.2 Å². The third-order valence-corrected chi connectivity index (χ3v) is 5.34. The number of rotatable bonds is 18. The number of ketones is 1. The maximum absolute atomic E-state index is 12.2. The summed E-state index contributed by atoms with van der Waals surface area (Å²) in [5.74, 6) is -7.14. The minimum absolute atomic E-state index is 0.0139. The van der Waals surface area contributed by atoms with Crippen molar-refractivity contribution in [2.75, 3.05) is 6.61 Å². The zero-order chi connectivity index (χ0) is 23.2. The molecule has 8 nitrogen and oxygen atoms in total. The van der Waals surface area contributed by atoms with E-state index in [1.54, 1.807) is 0 Å². The Bertz CT molecular complexity index is 551. The molecule has 2 unspecified atom stereocenters. The number of hydrogen-bond acceptors (Lipinski definition) is 6. The summed E-state index contributed by atoms with van der Waals surface area (Å²) < 4.78 is 5.00. The highest BCUT2D eigenvalue weighted by atomic mass is 16.5. The second-order valence-corrected chi connectivity index (χ2v) is 8.01. The van der Waals surface area contributed by atoms with Crippen molar-refractivity contribution in [1.82, 2.24) is 0 Å². The van der Waals surface area contributed by atoms with Crippen LogP contribution in [0.25, 0.3) is 0 Å². The van der Waals surface area contributed by atoms with Crippen LogP contribution < -0.4 is 0 Å². The van der Waals surface area contributed by atoms with Crippen LogP contribution in [0, 0.1) is 11.8 Å². The van der Waals surface area contributed by atoms with Gasteiger partial charge < -0.3 is 20.1 Å². The van der Waals surface area contributed by atoms with Crippen molar-refractivity contribution in [2.24, 2.45) is 11.8 Å². The second kappa shape index (κ2) is 14.9. The average Bonchev–Trinajstić information content (AvgIpc) is 2.64. The van der Waals surface area contributed by atoms with Crippen LogP contribution in [0.3, 0.4) is 0 Å². The number of carbonyl (C=O) groups excluding carboxylic acids is 2. The van der Waals surface area contributed by atoms with Gasteiger partial charge in [0.2, 0.25) is 0 Å². The van der Waals surface area contributed by atoms with Gasteiger partial charge in [0, 0.05) is 0 Å². The van der Waals surface area contributed by atoms with Gasteiger partial charge in [0.15, 0.2) is 11.5 Å². The van der Waals surface area contributed by atoms with Crippen LogP contribution in [0.1, 0.15) is 91.4 Å². The van der Waals surface area contributed by atoms with Crippen LogP contribution in [0.5, 0.6) is 0 Å². The molecule has 174 valence electrons. The van der Waals surface area contributed by atoms with Gasteiger partial charge in [0.25, 0.3) is 0 Å². The van der Waals surface area contributed by atoms with Gasteiger partial charge in [-0.25, -0.2) is 4.79 Å². The lowest BCUT2D eigenvalue weighted by Gasteiger charge is -2.27. The first-order chi connectivity index (χ1) is 14.1. The fourth-order valence-electron chi connectivity index (χ4n) is 3.62. The number of carboxylic acids is 2. The summed E-state index contributed by atoms with van der Waals surface area (Å²) >= 11 is 0. The first-order valence-electron chi connectivity index (χ1n) is 10.9. The normalized spacial score (nSPS) is 14.2. The van der Waals surface area contributed by atoms with Gasteiger partial charge in [-0.05, 0) is 19.3 Å². The van der Waals surface area contributed by atoms with Crippen LogP contribution in [0.4, 0.5) is 0 Å². The van der Waals surface area contributed by atoms with E-state index in [-0.39, 0.29) is 6.61 Å². The first kappa shape index (κ1) is 28.0. The highest BCUT2D eigenvalue weighted by Crippen LogP contribution is 2.26. The third-order valence-electron chi connectivity index (χ3n) is 5.34. The summed E-state index contributed by atoms with van der Waals surface area (Å²) in [6.07, 6.45) is 9.46. The molecule has 2 atom stereocenters. The number of ether oxygens (including phenoxy) is 1. The lowest BCUT2D eigenvalue weighted by molar-refractivity contribution is -0.182. The summed E-state index contributed by atoms with van der Waals surface area (Å²) in [7, 11) is 0. The molecule has 0 saturated heterocycles. The zero-order valence-electron chi connectivity index (χ0n) is 18.5. The molecule has 8 heteroatoms. The number of carboxylic acid groups (broad SMARTS) is 2. The molecule has 30 heavy (non-hydrogen) atoms. The fraction of sp³-hybridized carbons (Fsp3) is 0.818. The molecule has 0 saturated carbocycles. The minimum atomic E-state index is -3.04. The van der Waals surface area contributed by atoms with Crippen LogP contribution in [0.2, 0.25) is 0 Å². The lowest BCUT2D eigenvalue weighted by Crippen LogP contribution is -2.54. The number of unbranched alkanes of at least 4 members (excludes halogenated alkanes) is 4. The molecular weight excluding hydrogens is 392 g/mol. The first-order valence-corrected chi connectivity index (χ1v) is 10.9. The molecule has 0 amide bonds. The maximum atomic E-state index is 12.2. The van der Waals surface area contributed by atoms with Crippen molar-refractivity contribution >= 4 is 23.7 Å². The van der Waals surface area contributed by atoms with E-state index in [2.05, 4.69) is 13.8 Å². The van der Waals surface area contributed by atoms with E-state index in [1.807, 2.05) is 0 Å². The smallest absolute Gasteiger partial charge is 0.337 e. The Balaban J connectivity index is 4.59.